The third-order valence-corrected chi connectivity index (χ3v) is 6.37. The van der Waals surface area contributed by atoms with Crippen molar-refractivity contribution in [3.8, 4) is 11.5 Å². The van der Waals surface area contributed by atoms with E-state index in [-0.39, 0.29) is 17.9 Å². The molecule has 1 unspecified atom stereocenters. The highest BCUT2D eigenvalue weighted by atomic mass is 32.1. The van der Waals surface area contributed by atoms with Gasteiger partial charge in [-0.1, -0.05) is 29.8 Å². The molecule has 0 aliphatic carbocycles. The number of nitrogens with zero attached hydrogens (tertiary/aromatic N) is 1. The molecule has 164 valence electrons. The lowest BCUT2D eigenvalue weighted by atomic mass is 9.98. The minimum absolute atomic E-state index is 0.0595. The summed E-state index contributed by atoms with van der Waals surface area (Å²) in [5.41, 5.74) is 2.16. The van der Waals surface area contributed by atoms with E-state index in [0.29, 0.717) is 17.1 Å². The second-order valence-corrected chi connectivity index (χ2v) is 8.48. The molecule has 6 nitrogen and oxygen atoms in total. The van der Waals surface area contributed by atoms with Gasteiger partial charge in [-0.2, -0.15) is 0 Å². The minimum atomic E-state index is -0.715. The van der Waals surface area contributed by atoms with Crippen LogP contribution in [0.15, 0.2) is 65.6 Å². The van der Waals surface area contributed by atoms with Gasteiger partial charge in [0, 0.05) is 11.4 Å². The molecule has 1 aliphatic rings. The van der Waals surface area contributed by atoms with Crippen LogP contribution in [0.1, 0.15) is 27.6 Å². The van der Waals surface area contributed by atoms with Gasteiger partial charge in [0.1, 0.15) is 17.3 Å². The van der Waals surface area contributed by atoms with Gasteiger partial charge >= 0.3 is 0 Å². The fourth-order valence-corrected chi connectivity index (χ4v) is 4.75. The van der Waals surface area contributed by atoms with Gasteiger partial charge < -0.3 is 19.5 Å². The summed E-state index contributed by atoms with van der Waals surface area (Å²) in [4.78, 5) is 28.6. The third-order valence-electron chi connectivity index (χ3n) is 5.45. The fraction of sp³-hybridized carbons (Fsp3) is 0.200. The number of methoxy groups -OCH3 is 2. The summed E-state index contributed by atoms with van der Waals surface area (Å²) >= 11 is 1.43. The Kier molecular flexibility index (Phi) is 6.01. The molecule has 32 heavy (non-hydrogen) atoms. The molecule has 2 heterocycles. The van der Waals surface area contributed by atoms with Crippen molar-refractivity contribution < 1.29 is 24.2 Å². The maximum atomic E-state index is 13.2. The Hall–Kier alpha value is -3.58. The summed E-state index contributed by atoms with van der Waals surface area (Å²) in [5, 5.41) is 13.1. The molecule has 1 aromatic heterocycles. The van der Waals surface area contributed by atoms with Crippen LogP contribution in [0, 0.1) is 6.92 Å². The summed E-state index contributed by atoms with van der Waals surface area (Å²) in [5.74, 6) is -0.518. The second kappa shape index (κ2) is 8.88. The van der Waals surface area contributed by atoms with Gasteiger partial charge in [-0.25, -0.2) is 0 Å². The predicted octanol–water partition coefficient (Wildman–Crippen LogP) is 4.70. The molecule has 0 bridgehead atoms. The Labute approximate surface area is 190 Å². The van der Waals surface area contributed by atoms with E-state index in [1.165, 1.54) is 23.3 Å². The Morgan fingerprint density at radius 2 is 1.88 bits per heavy atom. The van der Waals surface area contributed by atoms with Crippen LogP contribution in [0.3, 0.4) is 0 Å². The molecule has 0 radical (unpaired) electrons. The molecule has 1 fully saturated rings. The van der Waals surface area contributed by atoms with Crippen LogP contribution >= 0.6 is 11.3 Å². The molecule has 1 atom stereocenters. The SMILES string of the molecule is COc1cccc(CN2C(=O)C(=O)/C(=C(\O)c3cc(C)ccc3OC)C2c2cccs2)c1. The van der Waals surface area contributed by atoms with Crippen molar-refractivity contribution in [1.82, 2.24) is 4.90 Å². The molecule has 7 heteroatoms. The highest BCUT2D eigenvalue weighted by Gasteiger charge is 2.46. The van der Waals surface area contributed by atoms with Gasteiger partial charge in [0.05, 0.1) is 31.4 Å². The topological polar surface area (TPSA) is 76.1 Å². The van der Waals surface area contributed by atoms with Crippen molar-refractivity contribution in [2.75, 3.05) is 14.2 Å². The summed E-state index contributed by atoms with van der Waals surface area (Å²) in [7, 11) is 3.08. The lowest BCUT2D eigenvalue weighted by molar-refractivity contribution is -0.140. The smallest absolute Gasteiger partial charge is 0.295 e. The molecule has 1 saturated heterocycles. The van der Waals surface area contributed by atoms with Crippen LogP contribution in [0.4, 0.5) is 0 Å². The Morgan fingerprint density at radius 3 is 2.56 bits per heavy atom. The number of carbonyl (C=O) groups excluding carboxylic acids is 2. The number of carbonyl (C=O) groups is 2. The minimum Gasteiger partial charge on any atom is -0.507 e. The van der Waals surface area contributed by atoms with E-state index < -0.39 is 17.7 Å². The number of ether oxygens (including phenoxy) is 2. The lowest BCUT2D eigenvalue weighted by Gasteiger charge is -2.24. The van der Waals surface area contributed by atoms with Crippen LogP contribution in [-0.2, 0) is 16.1 Å². The molecule has 0 saturated carbocycles. The van der Waals surface area contributed by atoms with Crippen LogP contribution in [0.2, 0.25) is 0 Å². The zero-order valence-corrected chi connectivity index (χ0v) is 18.8. The lowest BCUT2D eigenvalue weighted by Crippen LogP contribution is -2.28. The first-order valence-corrected chi connectivity index (χ1v) is 10.9. The average molecular weight is 450 g/mol. The molecule has 1 aliphatic heterocycles. The zero-order chi connectivity index (χ0) is 22.8. The molecule has 1 amide bonds. The van der Waals surface area contributed by atoms with E-state index in [2.05, 4.69) is 0 Å². The fourth-order valence-electron chi connectivity index (χ4n) is 3.91. The Balaban J connectivity index is 1.85. The number of aryl methyl sites for hydroxylation is 1. The van der Waals surface area contributed by atoms with Gasteiger partial charge in [0.2, 0.25) is 0 Å². The summed E-state index contributed by atoms with van der Waals surface area (Å²) in [6.07, 6.45) is 0. The molecule has 3 aromatic rings. The van der Waals surface area contributed by atoms with E-state index in [1.54, 1.807) is 19.2 Å². The monoisotopic (exact) mass is 449 g/mol. The summed E-state index contributed by atoms with van der Waals surface area (Å²) < 4.78 is 10.7. The van der Waals surface area contributed by atoms with Crippen LogP contribution in [0.25, 0.3) is 5.76 Å². The number of amides is 1. The second-order valence-electron chi connectivity index (χ2n) is 7.50. The highest BCUT2D eigenvalue weighted by Crippen LogP contribution is 2.43. The molecule has 1 N–H and O–H groups in total. The zero-order valence-electron chi connectivity index (χ0n) is 18.0. The van der Waals surface area contributed by atoms with Crippen molar-refractivity contribution >= 4 is 28.8 Å². The largest absolute Gasteiger partial charge is 0.507 e. The number of hydrogen-bond acceptors (Lipinski definition) is 6. The number of aliphatic hydroxyl groups is 1. The maximum absolute atomic E-state index is 13.2. The summed E-state index contributed by atoms with van der Waals surface area (Å²) in [6, 6.07) is 15.7. The first kappa shape index (κ1) is 21.6. The summed E-state index contributed by atoms with van der Waals surface area (Å²) in [6.45, 7) is 2.08. The number of aliphatic hydroxyl groups excluding tert-OH is 1. The van der Waals surface area contributed by atoms with Crippen molar-refractivity contribution in [2.45, 2.75) is 19.5 Å². The van der Waals surface area contributed by atoms with E-state index in [4.69, 9.17) is 9.47 Å². The van der Waals surface area contributed by atoms with Crippen LogP contribution in [0.5, 0.6) is 11.5 Å². The van der Waals surface area contributed by atoms with Crippen molar-refractivity contribution in [1.29, 1.82) is 0 Å². The normalized spacial score (nSPS) is 17.6. The molecule has 2 aromatic carbocycles. The number of thiophene rings is 1. The number of Topliss-reactive ketones (excluding diaryl/α,β-unsaturated/α-hetero) is 1. The molecular formula is C25H23NO5S. The van der Waals surface area contributed by atoms with Crippen LogP contribution in [-0.4, -0.2) is 35.9 Å². The standard InChI is InChI=1S/C25H23NO5S/c1-15-9-10-19(31-3)18(12-15)23(27)21-22(20-8-5-11-32-20)26(25(29)24(21)28)14-16-6-4-7-17(13-16)30-2/h4-13,22,27H,14H2,1-3H3/b23-21-. The average Bonchev–Trinajstić information content (AvgIpc) is 3.41. The molecule has 4 rings (SSSR count). The highest BCUT2D eigenvalue weighted by molar-refractivity contribution is 7.10. The van der Waals surface area contributed by atoms with Gasteiger partial charge in [-0.05, 0) is 48.2 Å². The van der Waals surface area contributed by atoms with E-state index in [1.807, 2.05) is 54.8 Å². The van der Waals surface area contributed by atoms with Gasteiger partial charge in [-0.15, -0.1) is 11.3 Å². The third kappa shape index (κ3) is 3.87. The van der Waals surface area contributed by atoms with Crippen molar-refractivity contribution in [3.05, 3.63) is 87.1 Å². The molecule has 0 spiro atoms. The first-order chi connectivity index (χ1) is 15.4. The van der Waals surface area contributed by atoms with Crippen LogP contribution < -0.4 is 9.47 Å². The quantitative estimate of drug-likeness (QED) is 0.336. The number of rotatable bonds is 6. The molecular weight excluding hydrogens is 426 g/mol. The number of ketones is 1. The predicted molar refractivity (Wildman–Crippen MR) is 123 cm³/mol. The number of hydrogen-bond donors (Lipinski definition) is 1. The first-order valence-electron chi connectivity index (χ1n) is 10.0. The van der Waals surface area contributed by atoms with E-state index in [0.717, 1.165) is 16.0 Å². The van der Waals surface area contributed by atoms with Gasteiger partial charge in [-0.3, -0.25) is 9.59 Å². The van der Waals surface area contributed by atoms with E-state index in [9.17, 15) is 14.7 Å². The maximum Gasteiger partial charge on any atom is 0.295 e. The Bertz CT molecular complexity index is 1200. The van der Waals surface area contributed by atoms with Crippen molar-refractivity contribution in [2.24, 2.45) is 0 Å². The number of benzene rings is 2. The van der Waals surface area contributed by atoms with Crippen molar-refractivity contribution in [3.63, 3.8) is 0 Å². The van der Waals surface area contributed by atoms with Gasteiger partial charge in [0.15, 0.2) is 0 Å². The van der Waals surface area contributed by atoms with E-state index >= 15 is 0 Å². The Morgan fingerprint density at radius 1 is 1.06 bits per heavy atom. The number of likely N-dealkylation sites (tertiary alicyclic amines) is 1. The van der Waals surface area contributed by atoms with Gasteiger partial charge in [0.25, 0.3) is 11.7 Å².